The number of aliphatic carboxylic acids is 1. The molecule has 1 amide bonds. The van der Waals surface area contributed by atoms with Crippen LogP contribution in [0.1, 0.15) is 136 Å². The second-order valence-electron chi connectivity index (χ2n) is 8.30. The molecule has 2 N–H and O–H groups in total. The summed E-state index contributed by atoms with van der Waals surface area (Å²) in [5, 5.41) is 11.7. The van der Waals surface area contributed by atoms with Crippen molar-refractivity contribution in [3.63, 3.8) is 0 Å². The minimum Gasteiger partial charge on any atom is -0.481 e. The normalized spacial score (nSPS) is 12.1. The number of unbranched alkanes of at least 4 members (excludes halogenated alkanes) is 14. The molecule has 0 fully saturated rings. The average molecular weight is 398 g/mol. The fourth-order valence-corrected chi connectivity index (χ4v) is 3.63. The molecule has 0 rings (SSSR count). The maximum absolute atomic E-state index is 11.9. The highest BCUT2D eigenvalue weighted by Crippen LogP contribution is 2.13. The van der Waals surface area contributed by atoms with Gasteiger partial charge >= 0.3 is 5.97 Å². The van der Waals surface area contributed by atoms with Crippen LogP contribution in [0.15, 0.2) is 0 Å². The molecule has 1 atom stereocenters. The van der Waals surface area contributed by atoms with Crippen LogP contribution in [-0.2, 0) is 9.59 Å². The lowest BCUT2D eigenvalue weighted by molar-refractivity contribution is -0.137. The van der Waals surface area contributed by atoms with Crippen molar-refractivity contribution < 1.29 is 14.7 Å². The van der Waals surface area contributed by atoms with Crippen molar-refractivity contribution >= 4 is 11.9 Å². The third-order valence-corrected chi connectivity index (χ3v) is 5.57. The number of amides is 1. The summed E-state index contributed by atoms with van der Waals surface area (Å²) in [6.45, 7) is 4.26. The number of nitrogens with one attached hydrogen (secondary N) is 1. The van der Waals surface area contributed by atoms with Gasteiger partial charge in [-0.15, -0.1) is 0 Å². The Morgan fingerprint density at radius 3 is 1.50 bits per heavy atom. The first-order valence-electron chi connectivity index (χ1n) is 12.1. The van der Waals surface area contributed by atoms with Crippen molar-refractivity contribution in [2.45, 2.75) is 142 Å². The number of carbonyl (C=O) groups is 2. The minimum atomic E-state index is -0.796. The van der Waals surface area contributed by atoms with Gasteiger partial charge in [-0.1, -0.05) is 104 Å². The first kappa shape index (κ1) is 26.9. The molecule has 0 aliphatic carbocycles. The number of hydrogen-bond donors (Lipinski definition) is 2. The van der Waals surface area contributed by atoms with E-state index in [0.29, 0.717) is 12.8 Å². The molecule has 0 aliphatic heterocycles. The molecule has 4 nitrogen and oxygen atoms in total. The zero-order valence-corrected chi connectivity index (χ0v) is 18.8. The van der Waals surface area contributed by atoms with Gasteiger partial charge in [0.05, 0.1) is 0 Å². The van der Waals surface area contributed by atoms with Crippen molar-refractivity contribution in [3.8, 4) is 0 Å². The van der Waals surface area contributed by atoms with Gasteiger partial charge in [0.1, 0.15) is 0 Å². The Morgan fingerprint density at radius 1 is 0.679 bits per heavy atom. The Hall–Kier alpha value is -1.06. The molecule has 1 unspecified atom stereocenters. The largest absolute Gasteiger partial charge is 0.481 e. The third-order valence-electron chi connectivity index (χ3n) is 5.57. The Labute approximate surface area is 174 Å². The van der Waals surface area contributed by atoms with Gasteiger partial charge in [-0.05, 0) is 19.3 Å². The molecule has 0 aromatic rings. The van der Waals surface area contributed by atoms with E-state index < -0.39 is 5.97 Å². The Bertz CT molecular complexity index is 371. The van der Waals surface area contributed by atoms with E-state index >= 15 is 0 Å². The van der Waals surface area contributed by atoms with Crippen LogP contribution in [0, 0.1) is 0 Å². The molecule has 0 bridgehead atoms. The van der Waals surface area contributed by atoms with E-state index in [4.69, 9.17) is 5.11 Å². The molecule has 0 aliphatic rings. The van der Waals surface area contributed by atoms with Crippen LogP contribution in [0.2, 0.25) is 0 Å². The molecular weight excluding hydrogens is 350 g/mol. The lowest BCUT2D eigenvalue weighted by Gasteiger charge is -2.15. The highest BCUT2D eigenvalue weighted by atomic mass is 16.4. The van der Waals surface area contributed by atoms with E-state index in [1.165, 1.54) is 83.5 Å². The zero-order chi connectivity index (χ0) is 20.9. The number of hydrogen-bond acceptors (Lipinski definition) is 2. The standard InChI is InChI=1S/C24H47NO3/c1-3-5-6-7-8-9-10-11-12-13-14-15-16-17-18-19-23(26)25-22(4-2)20-21-24(27)28/h22H,3-21H2,1-2H3,(H,25,26)(H,27,28). The zero-order valence-electron chi connectivity index (χ0n) is 18.8. The Balaban J connectivity index is 3.33. The van der Waals surface area contributed by atoms with E-state index in [1.807, 2.05) is 6.92 Å². The van der Waals surface area contributed by atoms with Crippen molar-refractivity contribution in [2.75, 3.05) is 0 Å². The monoisotopic (exact) mass is 397 g/mol. The van der Waals surface area contributed by atoms with Gasteiger partial charge in [0.25, 0.3) is 0 Å². The van der Waals surface area contributed by atoms with E-state index in [0.717, 1.165) is 19.3 Å². The summed E-state index contributed by atoms with van der Waals surface area (Å²) in [5.41, 5.74) is 0. The molecule has 0 radical (unpaired) electrons. The maximum Gasteiger partial charge on any atom is 0.303 e. The molecular formula is C24H47NO3. The molecule has 166 valence electrons. The molecule has 28 heavy (non-hydrogen) atoms. The van der Waals surface area contributed by atoms with Gasteiger partial charge in [-0.25, -0.2) is 0 Å². The van der Waals surface area contributed by atoms with Gasteiger partial charge in [0.2, 0.25) is 5.91 Å². The summed E-state index contributed by atoms with van der Waals surface area (Å²) in [6, 6.07) is -0.0000550. The predicted molar refractivity (Wildman–Crippen MR) is 119 cm³/mol. The van der Waals surface area contributed by atoms with Crippen LogP contribution >= 0.6 is 0 Å². The quantitative estimate of drug-likeness (QED) is 0.205. The number of carbonyl (C=O) groups excluding carboxylic acids is 1. The highest BCUT2D eigenvalue weighted by Gasteiger charge is 2.11. The minimum absolute atomic E-state index is 0.0000550. The van der Waals surface area contributed by atoms with Gasteiger partial charge < -0.3 is 10.4 Å². The van der Waals surface area contributed by atoms with Crippen LogP contribution < -0.4 is 5.32 Å². The fraction of sp³-hybridized carbons (Fsp3) is 0.917. The van der Waals surface area contributed by atoms with E-state index in [-0.39, 0.29) is 18.4 Å². The first-order valence-corrected chi connectivity index (χ1v) is 12.1. The molecule has 0 aromatic heterocycles. The number of rotatable bonds is 21. The van der Waals surface area contributed by atoms with Gasteiger partial charge in [0.15, 0.2) is 0 Å². The lowest BCUT2D eigenvalue weighted by atomic mass is 10.0. The molecule has 0 saturated carbocycles. The van der Waals surface area contributed by atoms with Gasteiger partial charge in [0, 0.05) is 18.9 Å². The van der Waals surface area contributed by atoms with E-state index in [1.54, 1.807) is 0 Å². The van der Waals surface area contributed by atoms with Crippen LogP contribution in [0.5, 0.6) is 0 Å². The summed E-state index contributed by atoms with van der Waals surface area (Å²) in [5.74, 6) is -0.720. The summed E-state index contributed by atoms with van der Waals surface area (Å²) in [4.78, 5) is 22.6. The molecule has 0 aromatic carbocycles. The second kappa shape index (κ2) is 20.7. The van der Waals surface area contributed by atoms with E-state index in [9.17, 15) is 9.59 Å². The summed E-state index contributed by atoms with van der Waals surface area (Å²) in [7, 11) is 0. The van der Waals surface area contributed by atoms with Crippen LogP contribution in [0.4, 0.5) is 0 Å². The maximum atomic E-state index is 11.9. The van der Waals surface area contributed by atoms with Crippen molar-refractivity contribution in [1.82, 2.24) is 5.32 Å². The molecule has 4 heteroatoms. The summed E-state index contributed by atoms with van der Waals surface area (Å²) < 4.78 is 0. The topological polar surface area (TPSA) is 66.4 Å². The molecule has 0 saturated heterocycles. The Morgan fingerprint density at radius 2 is 1.11 bits per heavy atom. The molecule has 0 heterocycles. The Kier molecular flexibility index (Phi) is 19.9. The summed E-state index contributed by atoms with van der Waals surface area (Å²) in [6.07, 6.45) is 21.9. The lowest BCUT2D eigenvalue weighted by Crippen LogP contribution is -2.34. The van der Waals surface area contributed by atoms with Gasteiger partial charge in [-0.3, -0.25) is 9.59 Å². The first-order chi connectivity index (χ1) is 13.6. The van der Waals surface area contributed by atoms with Crippen molar-refractivity contribution in [1.29, 1.82) is 0 Å². The predicted octanol–water partition coefficient (Wildman–Crippen LogP) is 7.01. The second-order valence-corrected chi connectivity index (χ2v) is 8.30. The number of carboxylic acids is 1. The van der Waals surface area contributed by atoms with Crippen molar-refractivity contribution in [3.05, 3.63) is 0 Å². The highest BCUT2D eigenvalue weighted by molar-refractivity contribution is 5.76. The van der Waals surface area contributed by atoms with Crippen LogP contribution in [0.25, 0.3) is 0 Å². The number of carboxylic acid groups (broad SMARTS) is 1. The van der Waals surface area contributed by atoms with Gasteiger partial charge in [-0.2, -0.15) is 0 Å². The average Bonchev–Trinajstić information content (AvgIpc) is 2.68. The SMILES string of the molecule is CCCCCCCCCCCCCCCCCC(=O)NC(CC)CCC(=O)O. The van der Waals surface area contributed by atoms with Crippen LogP contribution in [0.3, 0.4) is 0 Å². The fourth-order valence-electron chi connectivity index (χ4n) is 3.63. The molecule has 0 spiro atoms. The third kappa shape index (κ3) is 19.7. The van der Waals surface area contributed by atoms with E-state index in [2.05, 4.69) is 12.2 Å². The van der Waals surface area contributed by atoms with Crippen molar-refractivity contribution in [2.24, 2.45) is 0 Å². The van der Waals surface area contributed by atoms with Crippen LogP contribution in [-0.4, -0.2) is 23.0 Å². The smallest absolute Gasteiger partial charge is 0.303 e. The summed E-state index contributed by atoms with van der Waals surface area (Å²) >= 11 is 0.